The lowest BCUT2D eigenvalue weighted by Gasteiger charge is -2.15. The van der Waals surface area contributed by atoms with Crippen molar-refractivity contribution in [1.29, 1.82) is 0 Å². The summed E-state index contributed by atoms with van der Waals surface area (Å²) in [5.74, 6) is -0.386. The zero-order valence-corrected chi connectivity index (χ0v) is 10.2. The van der Waals surface area contributed by atoms with Gasteiger partial charge < -0.3 is 14.7 Å². The highest BCUT2D eigenvalue weighted by Gasteiger charge is 2.24. The minimum atomic E-state index is -0.468. The Labute approximate surface area is 105 Å². The fourth-order valence-electron chi connectivity index (χ4n) is 2.07. The van der Waals surface area contributed by atoms with Gasteiger partial charge >= 0.3 is 0 Å². The number of hydrogen-bond acceptors (Lipinski definition) is 3. The normalized spacial score (nSPS) is 19.1. The molecule has 0 saturated carbocycles. The van der Waals surface area contributed by atoms with Gasteiger partial charge in [-0.05, 0) is 24.1 Å². The Morgan fingerprint density at radius 2 is 2.39 bits per heavy atom. The first-order chi connectivity index (χ1) is 8.60. The molecule has 1 unspecified atom stereocenters. The number of halogens is 1. The van der Waals surface area contributed by atoms with Crippen molar-refractivity contribution < 1.29 is 19.0 Å². The molecule has 18 heavy (non-hydrogen) atoms. The van der Waals surface area contributed by atoms with E-state index in [2.05, 4.69) is 0 Å². The summed E-state index contributed by atoms with van der Waals surface area (Å²) in [4.78, 5) is 13.5. The highest BCUT2D eigenvalue weighted by atomic mass is 19.1. The molecule has 0 bridgehead atoms. The molecule has 2 rings (SSSR count). The van der Waals surface area contributed by atoms with Gasteiger partial charge in [-0.2, -0.15) is 0 Å². The van der Waals surface area contributed by atoms with Crippen LogP contribution in [0.5, 0.6) is 5.75 Å². The molecule has 1 amide bonds. The molecule has 1 N–H and O–H groups in total. The van der Waals surface area contributed by atoms with E-state index in [9.17, 15) is 14.3 Å². The zero-order valence-electron chi connectivity index (χ0n) is 10.2. The van der Waals surface area contributed by atoms with Crippen molar-refractivity contribution in [2.45, 2.75) is 18.9 Å². The molecular formula is C13H16FNO3. The van der Waals surface area contributed by atoms with Crippen LogP contribution in [0.25, 0.3) is 0 Å². The summed E-state index contributed by atoms with van der Waals surface area (Å²) in [6.45, 7) is 0.941. The van der Waals surface area contributed by atoms with Gasteiger partial charge in [0.05, 0.1) is 19.6 Å². The summed E-state index contributed by atoms with van der Waals surface area (Å²) in [5.41, 5.74) is 0.611. The number of aliphatic hydroxyl groups is 1. The van der Waals surface area contributed by atoms with Gasteiger partial charge in [0.25, 0.3) is 0 Å². The summed E-state index contributed by atoms with van der Waals surface area (Å²) < 4.78 is 18.3. The minimum absolute atomic E-state index is 0.0869. The lowest BCUT2D eigenvalue weighted by molar-refractivity contribution is -0.129. The predicted molar refractivity (Wildman–Crippen MR) is 63.9 cm³/mol. The fourth-order valence-corrected chi connectivity index (χ4v) is 2.07. The largest absolute Gasteiger partial charge is 0.494 e. The third-order valence-corrected chi connectivity index (χ3v) is 3.09. The Balaban J connectivity index is 2.01. The van der Waals surface area contributed by atoms with Crippen LogP contribution in [0, 0.1) is 5.82 Å². The second-order valence-corrected chi connectivity index (χ2v) is 4.43. The van der Waals surface area contributed by atoms with E-state index in [-0.39, 0.29) is 18.1 Å². The Hall–Kier alpha value is -1.62. The fraction of sp³-hybridized carbons (Fsp3) is 0.462. The summed E-state index contributed by atoms with van der Waals surface area (Å²) in [7, 11) is 1.40. The van der Waals surface area contributed by atoms with E-state index in [0.29, 0.717) is 25.1 Å². The lowest BCUT2D eigenvalue weighted by Crippen LogP contribution is -2.30. The molecule has 1 aromatic carbocycles. The molecule has 1 aliphatic rings. The van der Waals surface area contributed by atoms with Gasteiger partial charge in [-0.3, -0.25) is 4.79 Å². The van der Waals surface area contributed by atoms with Gasteiger partial charge in [0.2, 0.25) is 5.91 Å². The number of aliphatic hydroxyl groups excluding tert-OH is 1. The van der Waals surface area contributed by atoms with Crippen molar-refractivity contribution in [3.05, 3.63) is 29.6 Å². The Bertz CT molecular complexity index is 450. The first-order valence-electron chi connectivity index (χ1n) is 5.88. The van der Waals surface area contributed by atoms with Crippen LogP contribution in [0.2, 0.25) is 0 Å². The molecule has 1 fully saturated rings. The lowest BCUT2D eigenvalue weighted by atomic mass is 10.1. The zero-order chi connectivity index (χ0) is 13.1. The maximum absolute atomic E-state index is 13.5. The van der Waals surface area contributed by atoms with Crippen molar-refractivity contribution in [2.24, 2.45) is 0 Å². The minimum Gasteiger partial charge on any atom is -0.494 e. The van der Waals surface area contributed by atoms with E-state index in [1.807, 2.05) is 0 Å². The third kappa shape index (κ3) is 2.79. The van der Waals surface area contributed by atoms with Crippen molar-refractivity contribution in [2.75, 3.05) is 20.2 Å². The van der Waals surface area contributed by atoms with Crippen molar-refractivity contribution in [1.82, 2.24) is 4.90 Å². The molecule has 1 aromatic rings. The van der Waals surface area contributed by atoms with Crippen molar-refractivity contribution in [3.63, 3.8) is 0 Å². The first-order valence-corrected chi connectivity index (χ1v) is 5.88. The first kappa shape index (κ1) is 12.8. The van der Waals surface area contributed by atoms with Crippen LogP contribution in [0.1, 0.15) is 12.0 Å². The van der Waals surface area contributed by atoms with E-state index in [1.165, 1.54) is 19.2 Å². The molecule has 1 atom stereocenters. The maximum Gasteiger partial charge on any atom is 0.227 e. The molecule has 4 nitrogen and oxygen atoms in total. The van der Waals surface area contributed by atoms with E-state index in [4.69, 9.17) is 4.74 Å². The highest BCUT2D eigenvalue weighted by Crippen LogP contribution is 2.19. The average Bonchev–Trinajstić information content (AvgIpc) is 2.76. The molecule has 0 spiro atoms. The molecule has 0 aromatic heterocycles. The molecule has 1 heterocycles. The van der Waals surface area contributed by atoms with E-state index >= 15 is 0 Å². The van der Waals surface area contributed by atoms with Crippen LogP contribution in [0.4, 0.5) is 4.39 Å². The van der Waals surface area contributed by atoms with Gasteiger partial charge in [-0.1, -0.05) is 6.07 Å². The Kier molecular flexibility index (Phi) is 3.81. The molecule has 5 heteroatoms. The number of carbonyl (C=O) groups is 1. The second kappa shape index (κ2) is 5.35. The van der Waals surface area contributed by atoms with Gasteiger partial charge in [0, 0.05) is 13.1 Å². The number of hydrogen-bond donors (Lipinski definition) is 1. The number of amides is 1. The van der Waals surface area contributed by atoms with Crippen molar-refractivity contribution in [3.8, 4) is 5.75 Å². The highest BCUT2D eigenvalue weighted by molar-refractivity contribution is 5.79. The average molecular weight is 253 g/mol. The van der Waals surface area contributed by atoms with Crippen LogP contribution < -0.4 is 4.74 Å². The maximum atomic E-state index is 13.5. The van der Waals surface area contributed by atoms with Crippen LogP contribution in [0.3, 0.4) is 0 Å². The number of ether oxygens (including phenoxy) is 1. The monoisotopic (exact) mass is 253 g/mol. The topological polar surface area (TPSA) is 49.8 Å². The number of methoxy groups -OCH3 is 1. The van der Waals surface area contributed by atoms with Gasteiger partial charge in [0.15, 0.2) is 11.6 Å². The van der Waals surface area contributed by atoms with Crippen LogP contribution >= 0.6 is 0 Å². The summed E-state index contributed by atoms with van der Waals surface area (Å²) in [6.07, 6.45) is 0.331. The smallest absolute Gasteiger partial charge is 0.227 e. The number of likely N-dealkylation sites (tertiary alicyclic amines) is 1. The second-order valence-electron chi connectivity index (χ2n) is 4.43. The standard InChI is InChI=1S/C13H16FNO3/c1-18-12-3-2-9(6-11(12)14)7-13(17)15-5-4-10(16)8-15/h2-3,6,10,16H,4-5,7-8H2,1H3. The summed E-state index contributed by atoms with van der Waals surface area (Å²) in [5, 5.41) is 9.36. The number of benzene rings is 1. The molecule has 0 radical (unpaired) electrons. The number of rotatable bonds is 3. The number of nitrogens with zero attached hydrogens (tertiary/aromatic N) is 1. The van der Waals surface area contributed by atoms with Crippen LogP contribution in [-0.2, 0) is 11.2 Å². The van der Waals surface area contributed by atoms with Crippen LogP contribution in [0.15, 0.2) is 18.2 Å². The molecule has 1 saturated heterocycles. The summed E-state index contributed by atoms with van der Waals surface area (Å²) >= 11 is 0. The predicted octanol–water partition coefficient (Wildman–Crippen LogP) is 0.970. The van der Waals surface area contributed by atoms with Crippen molar-refractivity contribution >= 4 is 5.91 Å². The third-order valence-electron chi connectivity index (χ3n) is 3.09. The van der Waals surface area contributed by atoms with Gasteiger partial charge in [-0.25, -0.2) is 4.39 Å². The molecule has 0 aliphatic carbocycles. The SMILES string of the molecule is COc1ccc(CC(=O)N2CCC(O)C2)cc1F. The Morgan fingerprint density at radius 1 is 1.61 bits per heavy atom. The molecular weight excluding hydrogens is 237 g/mol. The summed E-state index contributed by atoms with van der Waals surface area (Å²) in [6, 6.07) is 4.49. The number of β-amino-alcohol motifs (C(OH)–C–C–N with tert-alkyl or cyclic N) is 1. The van der Waals surface area contributed by atoms with E-state index < -0.39 is 11.9 Å². The van der Waals surface area contributed by atoms with Gasteiger partial charge in [-0.15, -0.1) is 0 Å². The van der Waals surface area contributed by atoms with E-state index in [0.717, 1.165) is 0 Å². The van der Waals surface area contributed by atoms with E-state index in [1.54, 1.807) is 11.0 Å². The van der Waals surface area contributed by atoms with Gasteiger partial charge in [0.1, 0.15) is 0 Å². The quantitative estimate of drug-likeness (QED) is 0.873. The Morgan fingerprint density at radius 3 is 2.94 bits per heavy atom. The number of carbonyl (C=O) groups excluding carboxylic acids is 1. The van der Waals surface area contributed by atoms with Crippen LogP contribution in [-0.4, -0.2) is 42.2 Å². The molecule has 1 aliphatic heterocycles. The molecule has 98 valence electrons.